The molecule has 0 spiro atoms. The minimum Gasteiger partial charge on any atom is -0.544 e. The third kappa shape index (κ3) is 31.3. The molecule has 0 heterocycles. The van der Waals surface area contributed by atoms with Crippen molar-refractivity contribution in [3.05, 3.63) is 36.5 Å². The molecule has 0 saturated carbocycles. The number of unbranched alkanes of at least 4 members (excludes halogenated alkanes) is 14. The summed E-state index contributed by atoms with van der Waals surface area (Å²) in [4.78, 5) is 36.6. The second-order valence-electron chi connectivity index (χ2n) is 14.1. The number of carbonyl (C=O) groups excluding carboxylic acids is 3. The molecule has 0 aliphatic heterocycles. The number of quaternary nitrogens is 1. The van der Waals surface area contributed by atoms with Gasteiger partial charge in [-0.2, -0.15) is 0 Å². The molecule has 0 N–H and O–H groups in total. The van der Waals surface area contributed by atoms with Crippen LogP contribution in [0.1, 0.15) is 155 Å². The van der Waals surface area contributed by atoms with Gasteiger partial charge in [0.05, 0.1) is 40.3 Å². The van der Waals surface area contributed by atoms with Crippen LogP contribution in [0, 0.1) is 0 Å². The monoisotopic (exact) mass is 692 g/mol. The first-order valence-electron chi connectivity index (χ1n) is 19.5. The molecule has 49 heavy (non-hydrogen) atoms. The second kappa shape index (κ2) is 32.7. The van der Waals surface area contributed by atoms with Crippen LogP contribution in [0.2, 0.25) is 0 Å². The van der Waals surface area contributed by atoms with Crippen LogP contribution in [0.4, 0.5) is 0 Å². The van der Waals surface area contributed by atoms with Gasteiger partial charge in [0, 0.05) is 19.3 Å². The molecule has 284 valence electrons. The predicted octanol–water partition coefficient (Wildman–Crippen LogP) is 8.57. The third-order valence-electron chi connectivity index (χ3n) is 8.54. The fourth-order valence-corrected chi connectivity index (χ4v) is 5.50. The number of allylic oxidation sites excluding steroid dienone is 6. The van der Waals surface area contributed by atoms with Crippen LogP contribution < -0.4 is 5.11 Å². The van der Waals surface area contributed by atoms with Gasteiger partial charge in [0.1, 0.15) is 12.6 Å². The van der Waals surface area contributed by atoms with Gasteiger partial charge in [-0.15, -0.1) is 0 Å². The lowest BCUT2D eigenvalue weighted by atomic mass is 10.0. The Hall–Kier alpha value is -2.45. The highest BCUT2D eigenvalue weighted by Crippen LogP contribution is 2.14. The van der Waals surface area contributed by atoms with E-state index in [9.17, 15) is 19.5 Å². The topological polar surface area (TPSA) is 102 Å². The summed E-state index contributed by atoms with van der Waals surface area (Å²) < 4.78 is 17.0. The molecule has 2 atom stereocenters. The SMILES string of the molecule is CC/C=C/C/C=C/C/C=C/CCCC(=O)OC(COCCC(C(=O)[O-])[N+](C)(C)C)COC(=O)CCCCCCCCCCCCCCCC. The maximum Gasteiger partial charge on any atom is 0.306 e. The molecule has 0 aromatic rings. The Morgan fingerprint density at radius 2 is 1.14 bits per heavy atom. The molecule has 8 nitrogen and oxygen atoms in total. The highest BCUT2D eigenvalue weighted by molar-refractivity contribution is 5.70. The van der Waals surface area contributed by atoms with E-state index in [1.54, 1.807) is 21.1 Å². The van der Waals surface area contributed by atoms with E-state index in [1.165, 1.54) is 70.6 Å². The van der Waals surface area contributed by atoms with Crippen LogP contribution in [0.15, 0.2) is 36.5 Å². The van der Waals surface area contributed by atoms with Gasteiger partial charge in [0.25, 0.3) is 0 Å². The summed E-state index contributed by atoms with van der Waals surface area (Å²) in [5.74, 6) is -1.81. The maximum absolute atomic E-state index is 12.6. The molecule has 0 rings (SSSR count). The van der Waals surface area contributed by atoms with Crippen molar-refractivity contribution in [3.8, 4) is 0 Å². The van der Waals surface area contributed by atoms with Gasteiger partial charge in [-0.25, -0.2) is 0 Å². The van der Waals surface area contributed by atoms with E-state index in [4.69, 9.17) is 14.2 Å². The van der Waals surface area contributed by atoms with Gasteiger partial charge in [0.2, 0.25) is 0 Å². The predicted molar refractivity (Wildman–Crippen MR) is 199 cm³/mol. The number of carboxylic acid groups (broad SMARTS) is 1. The molecule has 0 aromatic heterocycles. The Morgan fingerprint density at radius 1 is 0.633 bits per heavy atom. The van der Waals surface area contributed by atoms with Crippen LogP contribution in [-0.2, 0) is 28.6 Å². The van der Waals surface area contributed by atoms with Crippen LogP contribution in [-0.4, -0.2) is 75.5 Å². The number of nitrogens with zero attached hydrogens (tertiary/aromatic N) is 1. The summed E-state index contributed by atoms with van der Waals surface area (Å²) in [6.07, 6.45) is 34.7. The smallest absolute Gasteiger partial charge is 0.306 e. The number of hydrogen-bond acceptors (Lipinski definition) is 7. The minimum atomic E-state index is -1.13. The maximum atomic E-state index is 12.6. The largest absolute Gasteiger partial charge is 0.544 e. The molecule has 0 aromatic carbocycles. The third-order valence-corrected chi connectivity index (χ3v) is 8.54. The number of esters is 2. The lowest BCUT2D eigenvalue weighted by molar-refractivity contribution is -0.889. The summed E-state index contributed by atoms with van der Waals surface area (Å²) in [6, 6.07) is -0.731. The summed E-state index contributed by atoms with van der Waals surface area (Å²) in [5.41, 5.74) is 0. The normalized spacial score (nSPS) is 13.4. The number of likely N-dealkylation sites (N-methyl/N-ethyl adjacent to an activating group) is 1. The van der Waals surface area contributed by atoms with E-state index in [-0.39, 0.29) is 49.1 Å². The van der Waals surface area contributed by atoms with Crippen LogP contribution in [0.3, 0.4) is 0 Å². The van der Waals surface area contributed by atoms with Crippen molar-refractivity contribution in [2.75, 3.05) is 41.0 Å². The van der Waals surface area contributed by atoms with Crippen molar-refractivity contribution in [1.82, 2.24) is 0 Å². The van der Waals surface area contributed by atoms with Crippen molar-refractivity contribution in [3.63, 3.8) is 0 Å². The highest BCUT2D eigenvalue weighted by Gasteiger charge is 2.25. The summed E-state index contributed by atoms with van der Waals surface area (Å²) >= 11 is 0. The Kier molecular flexibility index (Phi) is 31.1. The molecule has 2 unspecified atom stereocenters. The van der Waals surface area contributed by atoms with Crippen LogP contribution >= 0.6 is 0 Å². The van der Waals surface area contributed by atoms with Gasteiger partial charge >= 0.3 is 11.9 Å². The summed E-state index contributed by atoms with van der Waals surface area (Å²) in [6.45, 7) is 4.47. The first kappa shape index (κ1) is 46.5. The lowest BCUT2D eigenvalue weighted by Crippen LogP contribution is -2.55. The zero-order chi connectivity index (χ0) is 36.4. The van der Waals surface area contributed by atoms with Crippen molar-refractivity contribution in [2.45, 2.75) is 167 Å². The number of carboxylic acids is 1. The fourth-order valence-electron chi connectivity index (χ4n) is 5.50. The molecule has 0 saturated heterocycles. The second-order valence-corrected chi connectivity index (χ2v) is 14.1. The van der Waals surface area contributed by atoms with E-state index in [2.05, 4.69) is 50.3 Å². The Labute approximate surface area is 300 Å². The molecule has 0 aliphatic rings. The van der Waals surface area contributed by atoms with Crippen molar-refractivity contribution in [1.29, 1.82) is 0 Å². The number of hydrogen-bond donors (Lipinski definition) is 0. The number of carbonyl (C=O) groups is 3. The summed E-state index contributed by atoms with van der Waals surface area (Å²) in [5, 5.41) is 11.6. The zero-order valence-electron chi connectivity index (χ0n) is 32.1. The summed E-state index contributed by atoms with van der Waals surface area (Å²) in [7, 11) is 5.38. The Morgan fingerprint density at radius 3 is 1.67 bits per heavy atom. The molecule has 0 bridgehead atoms. The van der Waals surface area contributed by atoms with E-state index in [1.807, 2.05) is 0 Å². The average Bonchev–Trinajstić information content (AvgIpc) is 3.05. The van der Waals surface area contributed by atoms with Gasteiger partial charge in [-0.3, -0.25) is 9.59 Å². The zero-order valence-corrected chi connectivity index (χ0v) is 32.1. The molecular weight excluding hydrogens is 618 g/mol. The first-order chi connectivity index (χ1) is 23.6. The standard InChI is InChI=1S/C41H73NO7/c1-6-8-10-12-14-16-18-19-20-22-23-25-27-29-31-39(43)48-36-37(35-47-34-33-38(41(45)46)42(3,4)5)49-40(44)32-30-28-26-24-21-17-15-13-11-9-7-2/h9,11,15,17,24,26,37-38H,6-8,10,12-14,16,18-23,25,27-36H2,1-5H3/b11-9+,17-15+,26-24+. The molecule has 8 heteroatoms. The number of ether oxygens (including phenoxy) is 3. The fraction of sp³-hybridized carbons (Fsp3) is 0.780. The lowest BCUT2D eigenvalue weighted by Gasteiger charge is -2.34. The van der Waals surface area contributed by atoms with E-state index in [0.29, 0.717) is 12.8 Å². The van der Waals surface area contributed by atoms with Crippen LogP contribution in [0.5, 0.6) is 0 Å². The number of rotatable bonds is 34. The molecular formula is C41H73NO7. The van der Waals surface area contributed by atoms with Crippen molar-refractivity contribution in [2.24, 2.45) is 0 Å². The molecule has 0 amide bonds. The van der Waals surface area contributed by atoms with Gasteiger partial charge < -0.3 is 28.6 Å². The quantitative estimate of drug-likeness (QED) is 0.0288. The average molecular weight is 692 g/mol. The van der Waals surface area contributed by atoms with Crippen LogP contribution in [0.25, 0.3) is 0 Å². The van der Waals surface area contributed by atoms with Crippen molar-refractivity contribution >= 4 is 17.9 Å². The Bertz CT molecular complexity index is 906. The molecule has 0 radical (unpaired) electrons. The molecule has 0 aliphatic carbocycles. The van der Waals surface area contributed by atoms with E-state index < -0.39 is 18.1 Å². The van der Waals surface area contributed by atoms with Gasteiger partial charge in [-0.05, 0) is 38.5 Å². The van der Waals surface area contributed by atoms with E-state index >= 15 is 0 Å². The number of aliphatic carboxylic acids is 1. The van der Waals surface area contributed by atoms with Crippen molar-refractivity contribution < 1.29 is 38.2 Å². The van der Waals surface area contributed by atoms with Gasteiger partial charge in [0.15, 0.2) is 6.10 Å². The Balaban J connectivity index is 4.44. The molecule has 0 fully saturated rings. The van der Waals surface area contributed by atoms with E-state index in [0.717, 1.165) is 44.9 Å². The van der Waals surface area contributed by atoms with Gasteiger partial charge in [-0.1, -0.05) is 134 Å². The minimum absolute atomic E-state index is 0.0223. The highest BCUT2D eigenvalue weighted by atomic mass is 16.6. The first-order valence-corrected chi connectivity index (χ1v) is 19.5.